The van der Waals surface area contributed by atoms with E-state index in [0.717, 1.165) is 11.9 Å². The number of ether oxygens (including phenoxy) is 3. The first-order valence-electron chi connectivity index (χ1n) is 16.7. The van der Waals surface area contributed by atoms with E-state index in [4.69, 9.17) is 22.1 Å². The molecule has 2 aromatic rings. The Hall–Kier alpha value is -2.91. The minimum atomic E-state index is -2.98. The Labute approximate surface area is 288 Å². The van der Waals surface area contributed by atoms with E-state index in [1.54, 1.807) is 29.6 Å². The summed E-state index contributed by atoms with van der Waals surface area (Å²) in [6.07, 6.45) is 4.04. The summed E-state index contributed by atoms with van der Waals surface area (Å²) in [4.78, 5) is 48.7. The lowest BCUT2D eigenvalue weighted by Gasteiger charge is -2.44. The van der Waals surface area contributed by atoms with Gasteiger partial charge in [-0.3, -0.25) is 14.4 Å². The first-order chi connectivity index (χ1) is 22.5. The van der Waals surface area contributed by atoms with Gasteiger partial charge in [-0.05, 0) is 72.2 Å². The van der Waals surface area contributed by atoms with Crippen molar-refractivity contribution in [2.45, 2.75) is 122 Å². The molecule has 0 aromatic carbocycles. The highest BCUT2D eigenvalue weighted by molar-refractivity contribution is 7.13. The number of carbonyl (C=O) groups excluding carboxylic acids is 3. The van der Waals surface area contributed by atoms with E-state index in [9.17, 15) is 14.4 Å². The number of halogens is 1. The van der Waals surface area contributed by atoms with Crippen LogP contribution in [0.1, 0.15) is 74.1 Å². The van der Waals surface area contributed by atoms with Gasteiger partial charge in [0.05, 0.1) is 25.7 Å². The van der Waals surface area contributed by atoms with E-state index in [0.29, 0.717) is 44.6 Å². The van der Waals surface area contributed by atoms with E-state index in [1.165, 1.54) is 25.4 Å². The van der Waals surface area contributed by atoms with Crippen molar-refractivity contribution in [3.8, 4) is 10.7 Å². The first-order valence-corrected chi connectivity index (χ1v) is 17.6. The zero-order valence-electron chi connectivity index (χ0n) is 29.6. The number of nitrogens with zero attached hydrogens (tertiary/aromatic N) is 6. The van der Waals surface area contributed by atoms with Crippen molar-refractivity contribution in [2.24, 2.45) is 11.8 Å². The number of Topliss-reactive ketones (excluding diaryl/α,β-unsaturated/α-hetero) is 1. The number of ketones is 1. The van der Waals surface area contributed by atoms with Gasteiger partial charge in [-0.2, -0.15) is 0 Å². The molecule has 0 unspecified atom stereocenters. The molecule has 48 heavy (non-hydrogen) atoms. The number of amides is 1. The fourth-order valence-electron chi connectivity index (χ4n) is 7.44. The molecule has 0 bridgehead atoms. The van der Waals surface area contributed by atoms with E-state index in [2.05, 4.69) is 27.1 Å². The van der Waals surface area contributed by atoms with Gasteiger partial charge in [-0.1, -0.05) is 26.0 Å². The number of aromatic nitrogens is 4. The second-order valence-electron chi connectivity index (χ2n) is 14.1. The number of fused-ring (bicyclic) bond motifs is 1. The molecule has 2 aromatic heterocycles. The van der Waals surface area contributed by atoms with Crippen LogP contribution in [0.25, 0.3) is 10.7 Å². The third-order valence-corrected chi connectivity index (χ3v) is 11.2. The minimum absolute atomic E-state index is 0.0344. The van der Waals surface area contributed by atoms with Gasteiger partial charge in [0.1, 0.15) is 16.8 Å². The summed E-state index contributed by atoms with van der Waals surface area (Å²) < 4.78 is 35.7. The Morgan fingerprint density at radius 3 is 2.46 bits per heavy atom. The number of likely N-dealkylation sites (N-methyl/N-ethyl adjacent to an activating group) is 1. The van der Waals surface area contributed by atoms with Crippen LogP contribution in [0.3, 0.4) is 0 Å². The Kier molecular flexibility index (Phi) is 11.8. The van der Waals surface area contributed by atoms with Gasteiger partial charge in [0.15, 0.2) is 11.4 Å². The van der Waals surface area contributed by atoms with Crippen molar-refractivity contribution in [3.63, 3.8) is 0 Å². The molecule has 264 valence electrons. The zero-order valence-corrected chi connectivity index (χ0v) is 30.5. The van der Waals surface area contributed by atoms with Crippen LogP contribution in [0.4, 0.5) is 9.18 Å². The highest BCUT2D eigenvalue weighted by Crippen LogP contribution is 2.42. The normalized spacial score (nSPS) is 35.9. The van der Waals surface area contributed by atoms with Crippen molar-refractivity contribution in [3.05, 3.63) is 17.8 Å². The molecule has 2 fully saturated rings. The van der Waals surface area contributed by atoms with Gasteiger partial charge in [0.25, 0.3) is 5.67 Å². The summed E-state index contributed by atoms with van der Waals surface area (Å²) in [6, 6.07) is -0.831. The zero-order chi connectivity index (χ0) is 35.6. The molecule has 9 atom stereocenters. The van der Waals surface area contributed by atoms with Crippen molar-refractivity contribution >= 4 is 37.0 Å². The van der Waals surface area contributed by atoms with Crippen molar-refractivity contribution < 1.29 is 33.0 Å². The predicted octanol–water partition coefficient (Wildman–Crippen LogP) is 4.74. The quantitative estimate of drug-likeness (QED) is 0.166. The van der Waals surface area contributed by atoms with Crippen LogP contribution in [0.2, 0.25) is 5.82 Å². The molecular formula is C33H50BFN6O6S. The Morgan fingerprint density at radius 2 is 1.83 bits per heavy atom. The summed E-state index contributed by atoms with van der Waals surface area (Å²) in [5, 5.41) is 11.1. The van der Waals surface area contributed by atoms with Crippen LogP contribution >= 0.6 is 11.3 Å². The minimum Gasteiger partial charge on any atom is -0.455 e. The van der Waals surface area contributed by atoms with Crippen molar-refractivity contribution in [2.75, 3.05) is 27.2 Å². The molecule has 4 rings (SSSR count). The first kappa shape index (κ1) is 37.9. The Balaban J connectivity index is 1.62. The maximum atomic E-state index is 16.2. The van der Waals surface area contributed by atoms with Crippen molar-refractivity contribution in [1.82, 2.24) is 29.8 Å². The van der Waals surface area contributed by atoms with E-state index in [1.807, 2.05) is 32.5 Å². The molecule has 0 spiro atoms. The van der Waals surface area contributed by atoms with Gasteiger partial charge in [-0.15, -0.1) is 16.4 Å². The van der Waals surface area contributed by atoms with E-state index in [-0.39, 0.29) is 18.4 Å². The average molecular weight is 689 g/mol. The summed E-state index contributed by atoms with van der Waals surface area (Å²) in [5.41, 5.74) is -4.60. The standard InChI is InChI=1S/C33H50BFN6O6S/c1-10-24-33(7)26(41(30(44)47-33)15-12-11-14-40-19-23(37-38-40)28-36-13-16-48-28)22(4)39(8)18-20(2)17-31(5,45-9)25(34)21(3)27(42)32(6,35)29(43)46-24/h13,16,19-22,24-26H,10-12,14-15,17-18H2,1-9H3/t20-,21+,22-,24-,25-,26-,31-,32+,33-/m1/s1. The molecule has 0 N–H and O–H groups in total. The summed E-state index contributed by atoms with van der Waals surface area (Å²) in [7, 11) is 10.1. The second kappa shape index (κ2) is 14.9. The van der Waals surface area contributed by atoms with Crippen LogP contribution in [0.5, 0.6) is 0 Å². The molecular weight excluding hydrogens is 638 g/mol. The highest BCUT2D eigenvalue weighted by atomic mass is 32.1. The molecule has 2 radical (unpaired) electrons. The number of esters is 1. The fraction of sp³-hybridized carbons (Fsp3) is 0.758. The lowest BCUT2D eigenvalue weighted by Crippen LogP contribution is -2.61. The summed E-state index contributed by atoms with van der Waals surface area (Å²) in [6.45, 7) is 13.4. The fourth-order valence-corrected chi connectivity index (χ4v) is 8.03. The van der Waals surface area contributed by atoms with E-state index < -0.39 is 58.6 Å². The number of thiazole rings is 1. The second-order valence-corrected chi connectivity index (χ2v) is 15.0. The lowest BCUT2D eigenvalue weighted by atomic mass is 9.62. The molecule has 0 saturated carbocycles. The van der Waals surface area contributed by atoms with Crippen LogP contribution in [0.15, 0.2) is 17.8 Å². The van der Waals surface area contributed by atoms with Crippen LogP contribution in [-0.4, -0.2) is 118 Å². The lowest BCUT2D eigenvalue weighted by molar-refractivity contribution is -0.180. The molecule has 4 heterocycles. The maximum absolute atomic E-state index is 16.2. The number of aryl methyl sites for hydroxylation is 1. The van der Waals surface area contributed by atoms with Gasteiger partial charge in [-0.25, -0.2) is 19.0 Å². The molecule has 1 amide bonds. The number of rotatable bonds is 8. The molecule has 2 aliphatic rings. The van der Waals surface area contributed by atoms with Gasteiger partial charge >= 0.3 is 12.1 Å². The smallest absolute Gasteiger partial charge is 0.410 e. The number of carbonyl (C=O) groups is 3. The third-order valence-electron chi connectivity index (χ3n) is 10.4. The summed E-state index contributed by atoms with van der Waals surface area (Å²) in [5.74, 6) is -4.22. The molecule has 15 heteroatoms. The Bertz CT molecular complexity index is 1430. The SMILES string of the molecule is [B][C@@H]1[C@H](C)C(=O)[C@](C)(F)C(=O)O[C@H](CC)[C@@]2(C)OC(=O)N(CCCCn3cc(-c4nccs4)nn3)[C@@H]2[C@@H](C)N(C)C[C@H](C)C[C@@]1(C)OC. The average Bonchev–Trinajstić information content (AvgIpc) is 3.79. The largest absolute Gasteiger partial charge is 0.455 e. The summed E-state index contributed by atoms with van der Waals surface area (Å²) >= 11 is 1.49. The van der Waals surface area contributed by atoms with Gasteiger partial charge < -0.3 is 19.1 Å². The van der Waals surface area contributed by atoms with Crippen LogP contribution < -0.4 is 0 Å². The van der Waals surface area contributed by atoms with E-state index >= 15 is 4.39 Å². The van der Waals surface area contributed by atoms with Crippen LogP contribution in [-0.2, 0) is 30.3 Å². The van der Waals surface area contributed by atoms with Crippen LogP contribution in [0, 0.1) is 11.8 Å². The van der Waals surface area contributed by atoms with Gasteiger partial charge in [0, 0.05) is 50.3 Å². The number of methoxy groups -OCH3 is 1. The Morgan fingerprint density at radius 1 is 1.15 bits per heavy atom. The predicted molar refractivity (Wildman–Crippen MR) is 180 cm³/mol. The molecule has 2 aliphatic heterocycles. The van der Waals surface area contributed by atoms with Gasteiger partial charge in [0.2, 0.25) is 0 Å². The monoisotopic (exact) mass is 688 g/mol. The number of hydrogen-bond acceptors (Lipinski definition) is 11. The van der Waals surface area contributed by atoms with Crippen molar-refractivity contribution in [1.29, 1.82) is 0 Å². The molecule has 2 saturated heterocycles. The maximum Gasteiger partial charge on any atom is 0.410 e. The topological polar surface area (TPSA) is 129 Å². The third kappa shape index (κ3) is 7.47. The number of unbranched alkanes of at least 4 members (excludes halogenated alkanes) is 1. The molecule has 12 nitrogen and oxygen atoms in total. The molecule has 0 aliphatic carbocycles. The number of alkyl halides is 1. The highest BCUT2D eigenvalue weighted by Gasteiger charge is 2.60. The number of hydrogen-bond donors (Lipinski definition) is 0. The number of cyclic esters (lactones) is 1.